The van der Waals surface area contributed by atoms with Gasteiger partial charge in [0, 0.05) is 32.4 Å². The Kier molecular flexibility index (Phi) is 7.04. The number of pyridine rings is 1. The van der Waals surface area contributed by atoms with E-state index in [-0.39, 0.29) is 0 Å². The summed E-state index contributed by atoms with van der Waals surface area (Å²) in [4.78, 5) is 25.7. The summed E-state index contributed by atoms with van der Waals surface area (Å²) in [6.45, 7) is 8.34. The van der Waals surface area contributed by atoms with Gasteiger partial charge in [0.05, 0.1) is 29.3 Å². The van der Waals surface area contributed by atoms with Gasteiger partial charge in [-0.25, -0.2) is 9.78 Å². The van der Waals surface area contributed by atoms with Gasteiger partial charge in [0.2, 0.25) is 0 Å². The van der Waals surface area contributed by atoms with Crippen molar-refractivity contribution in [3.8, 4) is 0 Å². The highest BCUT2D eigenvalue weighted by molar-refractivity contribution is 5.75. The molecule has 2 atom stereocenters. The smallest absolute Gasteiger partial charge is 0.407 e. The Bertz CT molecular complexity index is 1170. The van der Waals surface area contributed by atoms with Crippen LogP contribution in [0.25, 0.3) is 11.0 Å². The first-order chi connectivity index (χ1) is 17.0. The molecule has 0 radical (unpaired) electrons. The number of rotatable bonds is 7. The monoisotopic (exact) mass is 475 g/mol. The van der Waals surface area contributed by atoms with Crippen molar-refractivity contribution >= 4 is 17.1 Å². The number of benzene rings is 1. The van der Waals surface area contributed by atoms with Crippen LogP contribution in [0, 0.1) is 11.8 Å². The van der Waals surface area contributed by atoms with Crippen LogP contribution in [0.2, 0.25) is 0 Å². The number of nitrogens with zero attached hydrogens (tertiary/aromatic N) is 5. The van der Waals surface area contributed by atoms with Gasteiger partial charge in [-0.3, -0.25) is 9.88 Å². The Hall–Kier alpha value is -2.93. The molecule has 186 valence electrons. The zero-order valence-electron chi connectivity index (χ0n) is 20.9. The number of piperidine rings is 1. The van der Waals surface area contributed by atoms with E-state index in [4.69, 9.17) is 9.97 Å². The maximum absolute atomic E-state index is 11.6. The molecule has 1 fully saturated rings. The van der Waals surface area contributed by atoms with E-state index < -0.39 is 6.09 Å². The number of carboxylic acid groups (broad SMARTS) is 1. The summed E-state index contributed by atoms with van der Waals surface area (Å²) in [5.74, 6) is 1.90. The van der Waals surface area contributed by atoms with Crippen molar-refractivity contribution in [2.24, 2.45) is 11.8 Å². The summed E-state index contributed by atoms with van der Waals surface area (Å²) < 4.78 is 2.36. The Morgan fingerprint density at radius 1 is 1.17 bits per heavy atom. The second-order valence-electron chi connectivity index (χ2n) is 10.6. The van der Waals surface area contributed by atoms with Crippen molar-refractivity contribution in [1.82, 2.24) is 24.3 Å². The average molecular weight is 476 g/mol. The molecule has 3 heterocycles. The van der Waals surface area contributed by atoms with Crippen molar-refractivity contribution in [3.63, 3.8) is 0 Å². The van der Waals surface area contributed by atoms with E-state index in [0.29, 0.717) is 31.0 Å². The molecule has 0 spiro atoms. The Morgan fingerprint density at radius 2 is 2.03 bits per heavy atom. The van der Waals surface area contributed by atoms with Crippen molar-refractivity contribution < 1.29 is 9.90 Å². The minimum absolute atomic E-state index is 0.298. The van der Waals surface area contributed by atoms with Gasteiger partial charge in [0.25, 0.3) is 0 Å². The van der Waals surface area contributed by atoms with Crippen LogP contribution in [-0.4, -0.2) is 55.2 Å². The lowest BCUT2D eigenvalue weighted by Crippen LogP contribution is -2.40. The summed E-state index contributed by atoms with van der Waals surface area (Å²) in [6.07, 6.45) is 6.49. The van der Waals surface area contributed by atoms with E-state index in [1.807, 2.05) is 12.3 Å². The third-order valence-electron chi connectivity index (χ3n) is 7.51. The molecule has 0 unspecified atom stereocenters. The second-order valence-corrected chi connectivity index (χ2v) is 10.6. The lowest BCUT2D eigenvalue weighted by atomic mass is 9.90. The van der Waals surface area contributed by atoms with Gasteiger partial charge in [0.15, 0.2) is 0 Å². The Morgan fingerprint density at radius 3 is 2.86 bits per heavy atom. The lowest BCUT2D eigenvalue weighted by molar-refractivity contribution is 0.115. The fourth-order valence-electron chi connectivity index (χ4n) is 5.99. The van der Waals surface area contributed by atoms with Crippen molar-refractivity contribution in [2.45, 2.75) is 65.1 Å². The first kappa shape index (κ1) is 23.8. The Labute approximate surface area is 207 Å². The highest BCUT2D eigenvalue weighted by atomic mass is 16.4. The van der Waals surface area contributed by atoms with Crippen molar-refractivity contribution in [1.29, 1.82) is 0 Å². The number of hydrogen-bond donors (Lipinski definition) is 1. The molecule has 0 saturated carbocycles. The Balaban J connectivity index is 1.47. The van der Waals surface area contributed by atoms with Crippen LogP contribution in [-0.2, 0) is 19.5 Å². The first-order valence-corrected chi connectivity index (χ1v) is 13.1. The zero-order chi connectivity index (χ0) is 24.4. The average Bonchev–Trinajstić information content (AvgIpc) is 3.20. The summed E-state index contributed by atoms with van der Waals surface area (Å²) in [5.41, 5.74) is 4.76. The zero-order valence-corrected chi connectivity index (χ0v) is 20.9. The van der Waals surface area contributed by atoms with Crippen LogP contribution in [0.4, 0.5) is 4.79 Å². The molecule has 1 aliphatic carbocycles. The molecule has 35 heavy (non-hydrogen) atoms. The maximum atomic E-state index is 11.6. The van der Waals surface area contributed by atoms with E-state index in [9.17, 15) is 9.90 Å². The van der Waals surface area contributed by atoms with E-state index in [1.54, 1.807) is 4.90 Å². The largest absolute Gasteiger partial charge is 0.465 e. The maximum Gasteiger partial charge on any atom is 0.407 e. The summed E-state index contributed by atoms with van der Waals surface area (Å²) in [6, 6.07) is 12.9. The third kappa shape index (κ3) is 5.20. The standard InChI is InChI=1S/C28H37N5O2/c1-20(2)16-32(25-13-5-9-22-10-6-14-29-27(22)25)19-26-30-23-11-3-4-12-24(23)33(26)18-21-8-7-15-31(17-21)28(34)35/h3-4,6,10-12,14,20-21,25H,5,7-9,13,15-19H2,1-2H3,(H,34,35)/t21-,25-/m0/s1. The molecule has 7 heteroatoms. The lowest BCUT2D eigenvalue weighted by Gasteiger charge is -2.36. The molecular weight excluding hydrogens is 438 g/mol. The molecule has 5 rings (SSSR count). The second kappa shape index (κ2) is 10.4. The molecule has 1 aromatic carbocycles. The summed E-state index contributed by atoms with van der Waals surface area (Å²) >= 11 is 0. The van der Waals surface area contributed by atoms with Crippen LogP contribution >= 0.6 is 0 Å². The number of amides is 1. The molecule has 1 saturated heterocycles. The minimum Gasteiger partial charge on any atom is -0.465 e. The van der Waals surface area contributed by atoms with Crippen LogP contribution in [0.3, 0.4) is 0 Å². The minimum atomic E-state index is -0.808. The normalized spacial score (nSPS) is 20.5. The fourth-order valence-corrected chi connectivity index (χ4v) is 5.99. The van der Waals surface area contributed by atoms with E-state index >= 15 is 0 Å². The fraction of sp³-hybridized carbons (Fsp3) is 0.536. The van der Waals surface area contributed by atoms with Crippen LogP contribution in [0.1, 0.15) is 62.7 Å². The summed E-state index contributed by atoms with van der Waals surface area (Å²) in [7, 11) is 0. The molecule has 0 bridgehead atoms. The highest BCUT2D eigenvalue weighted by Crippen LogP contribution is 2.35. The highest BCUT2D eigenvalue weighted by Gasteiger charge is 2.30. The van der Waals surface area contributed by atoms with E-state index in [0.717, 1.165) is 62.2 Å². The molecule has 3 aromatic rings. The van der Waals surface area contributed by atoms with Gasteiger partial charge < -0.3 is 14.6 Å². The number of hydrogen-bond acceptors (Lipinski definition) is 4. The van der Waals surface area contributed by atoms with Gasteiger partial charge in [0.1, 0.15) is 5.82 Å². The van der Waals surface area contributed by atoms with Gasteiger partial charge in [-0.2, -0.15) is 0 Å². The van der Waals surface area contributed by atoms with E-state index in [2.05, 4.69) is 53.6 Å². The molecular formula is C28H37N5O2. The number of aromatic nitrogens is 3. The van der Waals surface area contributed by atoms with Crippen LogP contribution < -0.4 is 0 Å². The molecule has 2 aliphatic rings. The molecule has 1 aliphatic heterocycles. The number of para-hydroxylation sites is 2. The number of carbonyl (C=O) groups is 1. The number of imidazole rings is 1. The van der Waals surface area contributed by atoms with Gasteiger partial charge in [-0.1, -0.05) is 32.0 Å². The van der Waals surface area contributed by atoms with Crippen LogP contribution in [0.15, 0.2) is 42.6 Å². The number of fused-ring (bicyclic) bond motifs is 2. The van der Waals surface area contributed by atoms with Gasteiger partial charge in [-0.05, 0) is 67.7 Å². The van der Waals surface area contributed by atoms with Gasteiger partial charge in [-0.15, -0.1) is 0 Å². The van der Waals surface area contributed by atoms with Gasteiger partial charge >= 0.3 is 6.09 Å². The SMILES string of the molecule is CC(C)CN(Cc1nc2ccccc2n1C[C@H]1CCCN(C(=O)O)C1)[C@H]1CCCc2cccnc21. The van der Waals surface area contributed by atoms with Crippen molar-refractivity contribution in [2.75, 3.05) is 19.6 Å². The molecule has 2 aromatic heterocycles. The third-order valence-corrected chi connectivity index (χ3v) is 7.51. The predicted octanol–water partition coefficient (Wildman–Crippen LogP) is 5.36. The first-order valence-electron chi connectivity index (χ1n) is 13.1. The predicted molar refractivity (Wildman–Crippen MR) is 137 cm³/mol. The van der Waals surface area contributed by atoms with Crippen molar-refractivity contribution in [3.05, 3.63) is 59.7 Å². The molecule has 7 nitrogen and oxygen atoms in total. The quantitative estimate of drug-likeness (QED) is 0.498. The van der Waals surface area contributed by atoms with E-state index in [1.165, 1.54) is 17.7 Å². The molecule has 1 amide bonds. The van der Waals surface area contributed by atoms with Crippen LogP contribution in [0.5, 0.6) is 0 Å². The molecule has 1 N–H and O–H groups in total. The summed E-state index contributed by atoms with van der Waals surface area (Å²) in [5, 5.41) is 9.53. The number of likely N-dealkylation sites (tertiary alicyclic amines) is 1. The number of aryl methyl sites for hydroxylation is 1. The topological polar surface area (TPSA) is 74.5 Å².